The Morgan fingerprint density at radius 2 is 1.82 bits per heavy atom. The van der Waals surface area contributed by atoms with Gasteiger partial charge in [-0.25, -0.2) is 14.4 Å². The van der Waals surface area contributed by atoms with Gasteiger partial charge in [-0.1, -0.05) is 23.7 Å². The van der Waals surface area contributed by atoms with Crippen LogP contribution in [-0.4, -0.2) is 85.5 Å². The zero-order chi connectivity index (χ0) is 30.3. The van der Waals surface area contributed by atoms with Crippen molar-refractivity contribution in [2.45, 2.75) is 25.6 Å². The first-order chi connectivity index (χ1) is 21.5. The Bertz CT molecular complexity index is 1560. The standard InChI is InChI=1S/C33H37ClFN5O4/c1-39-9-11-40(12-10-39)13-16-42-27-19-29-32(31(20-27)44-26-7-14-41-15-8-26)33(37-22-36-29)38-25-5-6-30(28(34)18-25)43-21-23-3-2-4-24(35)17-23/h2-6,17-20,22,26H,7-16,21H2,1H3,(H,36,37,38). The number of hydrogen-bond acceptors (Lipinski definition) is 9. The van der Waals surface area contributed by atoms with Gasteiger partial charge in [-0.15, -0.1) is 0 Å². The van der Waals surface area contributed by atoms with E-state index < -0.39 is 0 Å². The van der Waals surface area contributed by atoms with Crippen molar-refractivity contribution < 1.29 is 23.3 Å². The summed E-state index contributed by atoms with van der Waals surface area (Å²) in [4.78, 5) is 13.9. The zero-order valence-electron chi connectivity index (χ0n) is 24.8. The Kier molecular flexibility index (Phi) is 9.92. The Hall–Kier alpha value is -3.70. The van der Waals surface area contributed by atoms with Crippen molar-refractivity contribution in [3.63, 3.8) is 0 Å². The van der Waals surface area contributed by atoms with Gasteiger partial charge in [0.1, 0.15) is 54.5 Å². The molecule has 0 atom stereocenters. The van der Waals surface area contributed by atoms with Gasteiger partial charge in [-0.3, -0.25) is 4.90 Å². The van der Waals surface area contributed by atoms with E-state index >= 15 is 0 Å². The van der Waals surface area contributed by atoms with Gasteiger partial charge in [-0.2, -0.15) is 0 Å². The van der Waals surface area contributed by atoms with Gasteiger partial charge < -0.3 is 29.2 Å². The lowest BCUT2D eigenvalue weighted by Crippen LogP contribution is -2.45. The molecule has 2 aliphatic heterocycles. The van der Waals surface area contributed by atoms with Gasteiger partial charge in [0.05, 0.1) is 29.1 Å². The summed E-state index contributed by atoms with van der Waals surface area (Å²) in [7, 11) is 2.16. The molecule has 2 aliphatic rings. The summed E-state index contributed by atoms with van der Waals surface area (Å²) < 4.78 is 37.7. The molecule has 0 saturated carbocycles. The van der Waals surface area contributed by atoms with Gasteiger partial charge >= 0.3 is 0 Å². The lowest BCUT2D eigenvalue weighted by molar-refractivity contribution is 0.0261. The van der Waals surface area contributed by atoms with Gasteiger partial charge in [0.25, 0.3) is 0 Å². The van der Waals surface area contributed by atoms with Crippen LogP contribution in [0, 0.1) is 5.82 Å². The second kappa shape index (κ2) is 14.4. The maximum Gasteiger partial charge on any atom is 0.145 e. The molecule has 44 heavy (non-hydrogen) atoms. The normalized spacial score (nSPS) is 16.6. The minimum absolute atomic E-state index is 0.0181. The molecule has 0 bridgehead atoms. The molecule has 0 amide bonds. The molecule has 0 unspecified atom stereocenters. The third-order valence-electron chi connectivity index (χ3n) is 7.89. The largest absolute Gasteiger partial charge is 0.492 e. The van der Waals surface area contributed by atoms with Crippen molar-refractivity contribution in [1.29, 1.82) is 0 Å². The van der Waals surface area contributed by atoms with Crippen LogP contribution in [0.15, 0.2) is 60.9 Å². The smallest absolute Gasteiger partial charge is 0.145 e. The van der Waals surface area contributed by atoms with E-state index in [4.69, 9.17) is 30.5 Å². The third kappa shape index (κ3) is 7.87. The molecular formula is C33H37ClFN5O4. The van der Waals surface area contributed by atoms with E-state index in [1.165, 1.54) is 18.5 Å². The molecular weight excluding hydrogens is 585 g/mol. The molecule has 11 heteroatoms. The molecule has 232 valence electrons. The molecule has 0 spiro atoms. The maximum atomic E-state index is 13.5. The molecule has 1 aromatic heterocycles. The van der Waals surface area contributed by atoms with E-state index in [0.29, 0.717) is 53.4 Å². The number of nitrogens with one attached hydrogen (secondary N) is 1. The Morgan fingerprint density at radius 3 is 2.61 bits per heavy atom. The first-order valence-corrected chi connectivity index (χ1v) is 15.4. The Balaban J connectivity index is 1.20. The number of fused-ring (bicyclic) bond motifs is 1. The SMILES string of the molecule is CN1CCN(CCOc2cc(OC3CCOCC3)c3c(Nc4ccc(OCc5cccc(F)c5)c(Cl)c4)ncnc3c2)CC1. The lowest BCUT2D eigenvalue weighted by Gasteiger charge is -2.32. The number of halogens is 2. The van der Waals surface area contributed by atoms with Crippen molar-refractivity contribution in [2.24, 2.45) is 0 Å². The third-order valence-corrected chi connectivity index (χ3v) is 8.18. The van der Waals surface area contributed by atoms with Crippen LogP contribution >= 0.6 is 11.6 Å². The van der Waals surface area contributed by atoms with Gasteiger partial charge in [0.15, 0.2) is 0 Å². The fourth-order valence-corrected chi connectivity index (χ4v) is 5.59. The summed E-state index contributed by atoms with van der Waals surface area (Å²) in [6, 6.07) is 15.6. The van der Waals surface area contributed by atoms with Crippen LogP contribution in [0.4, 0.5) is 15.9 Å². The van der Waals surface area contributed by atoms with Gasteiger partial charge in [0.2, 0.25) is 0 Å². The van der Waals surface area contributed by atoms with E-state index in [1.54, 1.807) is 24.3 Å². The first-order valence-electron chi connectivity index (χ1n) is 15.0. The minimum atomic E-state index is -0.307. The van der Waals surface area contributed by atoms with Gasteiger partial charge in [-0.05, 0) is 42.9 Å². The van der Waals surface area contributed by atoms with Crippen molar-refractivity contribution in [2.75, 3.05) is 64.9 Å². The number of likely N-dealkylation sites (N-methyl/N-ethyl adjacent to an activating group) is 1. The average Bonchev–Trinajstić information content (AvgIpc) is 3.02. The highest BCUT2D eigenvalue weighted by atomic mass is 35.5. The number of rotatable bonds is 11. The van der Waals surface area contributed by atoms with Crippen LogP contribution in [0.5, 0.6) is 17.2 Å². The number of ether oxygens (including phenoxy) is 4. The topological polar surface area (TPSA) is 81.2 Å². The molecule has 2 fully saturated rings. The van der Waals surface area contributed by atoms with Crippen molar-refractivity contribution in [3.05, 3.63) is 77.3 Å². The fraction of sp³-hybridized carbons (Fsp3) is 0.394. The highest BCUT2D eigenvalue weighted by Gasteiger charge is 2.21. The van der Waals surface area contributed by atoms with Crippen LogP contribution in [0.25, 0.3) is 10.9 Å². The fourth-order valence-electron chi connectivity index (χ4n) is 5.36. The molecule has 0 radical (unpaired) electrons. The monoisotopic (exact) mass is 621 g/mol. The lowest BCUT2D eigenvalue weighted by atomic mass is 10.1. The average molecular weight is 622 g/mol. The number of nitrogens with zero attached hydrogens (tertiary/aromatic N) is 4. The second-order valence-electron chi connectivity index (χ2n) is 11.1. The van der Waals surface area contributed by atoms with E-state index in [9.17, 15) is 4.39 Å². The van der Waals surface area contributed by atoms with Crippen molar-refractivity contribution >= 4 is 34.0 Å². The predicted octanol–water partition coefficient (Wildman–Crippen LogP) is 5.93. The number of aromatic nitrogens is 2. The Labute approximate surface area is 261 Å². The summed E-state index contributed by atoms with van der Waals surface area (Å²) >= 11 is 6.57. The highest BCUT2D eigenvalue weighted by molar-refractivity contribution is 6.32. The van der Waals surface area contributed by atoms with E-state index in [-0.39, 0.29) is 18.5 Å². The molecule has 2 saturated heterocycles. The zero-order valence-corrected chi connectivity index (χ0v) is 25.6. The summed E-state index contributed by atoms with van der Waals surface area (Å²) in [5, 5.41) is 4.56. The minimum Gasteiger partial charge on any atom is -0.492 e. The summed E-state index contributed by atoms with van der Waals surface area (Å²) in [6.07, 6.45) is 3.15. The van der Waals surface area contributed by atoms with Crippen molar-refractivity contribution in [1.82, 2.24) is 19.8 Å². The molecule has 6 rings (SSSR count). The number of hydrogen-bond donors (Lipinski definition) is 1. The molecule has 3 aromatic carbocycles. The number of benzene rings is 3. The van der Waals surface area contributed by atoms with E-state index in [2.05, 4.69) is 32.1 Å². The second-order valence-corrected chi connectivity index (χ2v) is 11.6. The number of piperazine rings is 1. The van der Waals surface area contributed by atoms with Crippen LogP contribution in [0.3, 0.4) is 0 Å². The Morgan fingerprint density at radius 1 is 0.977 bits per heavy atom. The van der Waals surface area contributed by atoms with Crippen LogP contribution in [-0.2, 0) is 11.3 Å². The summed E-state index contributed by atoms with van der Waals surface area (Å²) in [5.74, 6) is 2.15. The van der Waals surface area contributed by atoms with Crippen LogP contribution < -0.4 is 19.5 Å². The quantitative estimate of drug-likeness (QED) is 0.219. The summed E-state index contributed by atoms with van der Waals surface area (Å²) in [6.45, 7) is 7.20. The first kappa shape index (κ1) is 30.3. The van der Waals surface area contributed by atoms with Gasteiger partial charge in [0, 0.05) is 63.4 Å². The van der Waals surface area contributed by atoms with E-state index in [1.807, 2.05) is 18.2 Å². The highest BCUT2D eigenvalue weighted by Crippen LogP contribution is 2.38. The summed E-state index contributed by atoms with van der Waals surface area (Å²) in [5.41, 5.74) is 2.15. The molecule has 4 aromatic rings. The van der Waals surface area contributed by atoms with Crippen LogP contribution in [0.1, 0.15) is 18.4 Å². The molecule has 9 nitrogen and oxygen atoms in total. The number of anilines is 2. The van der Waals surface area contributed by atoms with Crippen LogP contribution in [0.2, 0.25) is 5.02 Å². The molecule has 0 aliphatic carbocycles. The van der Waals surface area contributed by atoms with Crippen molar-refractivity contribution in [3.8, 4) is 17.2 Å². The predicted molar refractivity (Wildman–Crippen MR) is 169 cm³/mol. The van der Waals surface area contributed by atoms with E-state index in [0.717, 1.165) is 62.2 Å². The maximum absolute atomic E-state index is 13.5. The molecule has 1 N–H and O–H groups in total. The molecule has 3 heterocycles.